The lowest BCUT2D eigenvalue weighted by atomic mass is 9.98. The molecule has 0 unspecified atom stereocenters. The Labute approximate surface area is 108 Å². The number of aliphatic carboxylic acids is 1. The average Bonchev–Trinajstić information content (AvgIpc) is 3.01. The Hall–Kier alpha value is -1.68. The molecule has 92 valence electrons. The molecular formula is C14H11FO2S. The molecule has 0 radical (unpaired) electrons. The van der Waals surface area contributed by atoms with E-state index in [1.807, 2.05) is 17.5 Å². The largest absolute Gasteiger partial charge is 0.481 e. The molecule has 4 heteroatoms. The molecule has 0 amide bonds. The lowest BCUT2D eigenvalue weighted by Gasteiger charge is -2.05. The summed E-state index contributed by atoms with van der Waals surface area (Å²) < 4.78 is 13.1. The van der Waals surface area contributed by atoms with Crippen molar-refractivity contribution in [3.05, 3.63) is 47.1 Å². The molecule has 1 aliphatic carbocycles. The van der Waals surface area contributed by atoms with Gasteiger partial charge in [-0.3, -0.25) is 4.79 Å². The van der Waals surface area contributed by atoms with Crippen molar-refractivity contribution >= 4 is 17.3 Å². The summed E-state index contributed by atoms with van der Waals surface area (Å²) in [6, 6.07) is 8.24. The van der Waals surface area contributed by atoms with Crippen LogP contribution in [0.3, 0.4) is 0 Å². The molecule has 0 aliphatic heterocycles. The van der Waals surface area contributed by atoms with E-state index in [1.54, 1.807) is 6.07 Å². The Morgan fingerprint density at radius 1 is 1.33 bits per heavy atom. The lowest BCUT2D eigenvalue weighted by molar-refractivity contribution is -0.140. The molecule has 1 aromatic heterocycles. The predicted octanol–water partition coefficient (Wildman–Crippen LogP) is 3.67. The molecule has 18 heavy (non-hydrogen) atoms. The normalized spacial score (nSPS) is 16.5. The van der Waals surface area contributed by atoms with Gasteiger partial charge in [0.1, 0.15) is 5.82 Å². The molecule has 2 nitrogen and oxygen atoms in total. The fourth-order valence-electron chi connectivity index (χ4n) is 2.13. The number of benzene rings is 1. The summed E-state index contributed by atoms with van der Waals surface area (Å²) in [5.41, 5.74) is 0.967. The number of carbonyl (C=O) groups is 1. The van der Waals surface area contributed by atoms with Crippen molar-refractivity contribution in [1.29, 1.82) is 0 Å². The van der Waals surface area contributed by atoms with E-state index in [-0.39, 0.29) is 5.82 Å². The molecule has 3 rings (SSSR count). The van der Waals surface area contributed by atoms with Crippen LogP contribution in [0.2, 0.25) is 0 Å². The zero-order chi connectivity index (χ0) is 12.8. The fraction of sp³-hybridized carbons (Fsp3) is 0.214. The highest BCUT2D eigenvalue weighted by molar-refractivity contribution is 7.13. The second-order valence-electron chi connectivity index (χ2n) is 4.60. The minimum absolute atomic E-state index is 0.276. The number of thiophene rings is 1. The van der Waals surface area contributed by atoms with E-state index in [4.69, 9.17) is 0 Å². The van der Waals surface area contributed by atoms with Gasteiger partial charge in [-0.05, 0) is 47.5 Å². The Bertz CT molecular complexity index is 614. The van der Waals surface area contributed by atoms with Crippen molar-refractivity contribution in [3.63, 3.8) is 0 Å². The molecule has 1 saturated carbocycles. The number of halogens is 1. The van der Waals surface area contributed by atoms with E-state index in [9.17, 15) is 14.3 Å². The van der Waals surface area contributed by atoms with Crippen LogP contribution in [-0.4, -0.2) is 11.1 Å². The summed E-state index contributed by atoms with van der Waals surface area (Å²) in [5.74, 6) is -1.03. The van der Waals surface area contributed by atoms with Gasteiger partial charge in [-0.1, -0.05) is 12.1 Å². The van der Waals surface area contributed by atoms with Gasteiger partial charge in [0, 0.05) is 4.88 Å². The third-order valence-electron chi connectivity index (χ3n) is 3.42. The maximum atomic E-state index is 13.1. The molecule has 1 aromatic carbocycles. The number of carboxylic acid groups (broad SMARTS) is 1. The van der Waals surface area contributed by atoms with E-state index in [2.05, 4.69) is 0 Å². The second kappa shape index (κ2) is 3.92. The van der Waals surface area contributed by atoms with Gasteiger partial charge in [0.15, 0.2) is 0 Å². The molecule has 0 atom stereocenters. The highest BCUT2D eigenvalue weighted by Gasteiger charge is 2.52. The number of hydrogen-bond donors (Lipinski definition) is 1. The Morgan fingerprint density at radius 2 is 2.11 bits per heavy atom. The van der Waals surface area contributed by atoms with Crippen LogP contribution in [0.1, 0.15) is 18.4 Å². The van der Waals surface area contributed by atoms with Crippen molar-refractivity contribution in [1.82, 2.24) is 0 Å². The van der Waals surface area contributed by atoms with Crippen LogP contribution in [0.5, 0.6) is 0 Å². The Kier molecular flexibility index (Phi) is 2.48. The van der Waals surface area contributed by atoms with Crippen LogP contribution in [0.25, 0.3) is 10.4 Å². The van der Waals surface area contributed by atoms with Crippen LogP contribution in [-0.2, 0) is 10.2 Å². The molecule has 0 saturated heterocycles. The standard InChI is InChI=1S/C14H11FO2S/c15-11-3-1-2-9(6-11)12-7-10(8-18-12)14(4-5-14)13(16)17/h1-3,6-8H,4-5H2,(H,16,17). The van der Waals surface area contributed by atoms with Gasteiger partial charge in [0.05, 0.1) is 5.41 Å². The summed E-state index contributed by atoms with van der Waals surface area (Å²) in [4.78, 5) is 12.1. The first kappa shape index (κ1) is 11.4. The van der Waals surface area contributed by atoms with E-state index in [1.165, 1.54) is 23.5 Å². The van der Waals surface area contributed by atoms with Crippen molar-refractivity contribution in [2.75, 3.05) is 0 Å². The first-order chi connectivity index (χ1) is 8.62. The summed E-state index contributed by atoms with van der Waals surface area (Å²) in [6.45, 7) is 0. The molecular weight excluding hydrogens is 251 g/mol. The quantitative estimate of drug-likeness (QED) is 0.916. The summed E-state index contributed by atoms with van der Waals surface area (Å²) in [6.07, 6.45) is 1.39. The van der Waals surface area contributed by atoms with Crippen LogP contribution >= 0.6 is 11.3 Å². The van der Waals surface area contributed by atoms with Gasteiger partial charge in [-0.15, -0.1) is 11.3 Å². The van der Waals surface area contributed by atoms with Crippen molar-refractivity contribution < 1.29 is 14.3 Å². The Morgan fingerprint density at radius 3 is 2.72 bits per heavy atom. The lowest BCUT2D eigenvalue weighted by Crippen LogP contribution is -2.18. The minimum atomic E-state index is -0.758. The van der Waals surface area contributed by atoms with Crippen LogP contribution in [0.15, 0.2) is 35.7 Å². The van der Waals surface area contributed by atoms with Gasteiger partial charge in [-0.2, -0.15) is 0 Å². The highest BCUT2D eigenvalue weighted by Crippen LogP contribution is 2.50. The zero-order valence-electron chi connectivity index (χ0n) is 9.52. The smallest absolute Gasteiger partial charge is 0.314 e. The van der Waals surface area contributed by atoms with Gasteiger partial charge >= 0.3 is 5.97 Å². The maximum absolute atomic E-state index is 13.1. The molecule has 1 N–H and O–H groups in total. The summed E-state index contributed by atoms with van der Waals surface area (Å²) in [7, 11) is 0. The van der Waals surface area contributed by atoms with Gasteiger partial charge in [0.2, 0.25) is 0 Å². The SMILES string of the molecule is O=C(O)C1(c2csc(-c3cccc(F)c3)c2)CC1. The van der Waals surface area contributed by atoms with E-state index in [0.29, 0.717) is 12.8 Å². The van der Waals surface area contributed by atoms with Crippen molar-refractivity contribution in [2.45, 2.75) is 18.3 Å². The summed E-state index contributed by atoms with van der Waals surface area (Å²) in [5, 5.41) is 11.1. The highest BCUT2D eigenvalue weighted by atomic mass is 32.1. The molecule has 2 aromatic rings. The third kappa shape index (κ3) is 1.73. The first-order valence-corrected chi connectivity index (χ1v) is 6.58. The van der Waals surface area contributed by atoms with E-state index in [0.717, 1.165) is 16.0 Å². The van der Waals surface area contributed by atoms with Gasteiger partial charge in [-0.25, -0.2) is 4.39 Å². The molecule has 1 heterocycles. The number of hydrogen-bond acceptors (Lipinski definition) is 2. The summed E-state index contributed by atoms with van der Waals surface area (Å²) >= 11 is 1.47. The van der Waals surface area contributed by atoms with Crippen LogP contribution < -0.4 is 0 Å². The molecule has 0 spiro atoms. The monoisotopic (exact) mass is 262 g/mol. The van der Waals surface area contributed by atoms with Gasteiger partial charge < -0.3 is 5.11 Å². The number of rotatable bonds is 3. The molecule has 0 bridgehead atoms. The average molecular weight is 262 g/mol. The van der Waals surface area contributed by atoms with Crippen molar-refractivity contribution in [2.24, 2.45) is 0 Å². The number of carboxylic acids is 1. The van der Waals surface area contributed by atoms with Gasteiger partial charge in [0.25, 0.3) is 0 Å². The van der Waals surface area contributed by atoms with E-state index >= 15 is 0 Å². The zero-order valence-corrected chi connectivity index (χ0v) is 10.3. The van der Waals surface area contributed by atoms with Crippen LogP contribution in [0, 0.1) is 5.82 Å². The van der Waals surface area contributed by atoms with Crippen LogP contribution in [0.4, 0.5) is 4.39 Å². The second-order valence-corrected chi connectivity index (χ2v) is 5.51. The first-order valence-electron chi connectivity index (χ1n) is 5.70. The topological polar surface area (TPSA) is 37.3 Å². The molecule has 1 aliphatic rings. The third-order valence-corrected chi connectivity index (χ3v) is 4.40. The fourth-order valence-corrected chi connectivity index (χ4v) is 3.14. The Balaban J connectivity index is 1.98. The minimum Gasteiger partial charge on any atom is -0.481 e. The molecule has 1 fully saturated rings. The van der Waals surface area contributed by atoms with Crippen molar-refractivity contribution in [3.8, 4) is 10.4 Å². The predicted molar refractivity (Wildman–Crippen MR) is 68.3 cm³/mol. The van der Waals surface area contributed by atoms with E-state index < -0.39 is 11.4 Å². The maximum Gasteiger partial charge on any atom is 0.314 e.